The molecule has 0 spiro atoms. The highest BCUT2D eigenvalue weighted by Crippen LogP contribution is 2.44. The zero-order chi connectivity index (χ0) is 29.0. The number of benzene rings is 2. The van der Waals surface area contributed by atoms with Gasteiger partial charge in [-0.1, -0.05) is 11.6 Å². The van der Waals surface area contributed by atoms with Crippen LogP contribution in [-0.4, -0.2) is 81.7 Å². The molecule has 0 unspecified atom stereocenters. The lowest BCUT2D eigenvalue weighted by Crippen LogP contribution is -2.36. The van der Waals surface area contributed by atoms with Crippen molar-refractivity contribution in [2.45, 2.75) is 19.9 Å². The summed E-state index contributed by atoms with van der Waals surface area (Å²) in [6, 6.07) is 4.45. The normalized spacial score (nSPS) is 13.9. The Balaban J connectivity index is 1.85. The molecule has 0 saturated heterocycles. The fourth-order valence-electron chi connectivity index (χ4n) is 4.50. The van der Waals surface area contributed by atoms with Gasteiger partial charge in [0.2, 0.25) is 20.0 Å². The minimum atomic E-state index is -3.82. The van der Waals surface area contributed by atoms with Crippen LogP contribution in [0.2, 0.25) is 5.02 Å². The molecule has 10 nitrogen and oxygen atoms in total. The molecule has 2 aromatic carbocycles. The number of phenols is 1. The summed E-state index contributed by atoms with van der Waals surface area (Å²) in [5.74, 6) is -1.44. The van der Waals surface area contributed by atoms with Gasteiger partial charge in [-0.3, -0.25) is 14.1 Å². The number of fused-ring (bicyclic) bond motifs is 2. The summed E-state index contributed by atoms with van der Waals surface area (Å²) in [5.41, 5.74) is 1.77. The molecule has 0 atom stereocenters. The number of phenolic OH excluding ortho intramolecular Hbond substituents is 1. The van der Waals surface area contributed by atoms with Crippen LogP contribution in [0.25, 0.3) is 10.9 Å². The number of nitrogens with zero attached hydrogens (tertiary/aromatic N) is 4. The maximum atomic E-state index is 14.6. The number of sulfonamides is 2. The lowest BCUT2D eigenvalue weighted by molar-refractivity contribution is 0.0771. The summed E-state index contributed by atoms with van der Waals surface area (Å²) in [6.45, 7) is 1.65. The number of hydrogen-bond donors (Lipinski definition) is 1. The topological polar surface area (TPSA) is 128 Å². The van der Waals surface area contributed by atoms with Crippen LogP contribution in [0.15, 0.2) is 24.4 Å². The maximum Gasteiger partial charge on any atom is 0.258 e. The van der Waals surface area contributed by atoms with E-state index >= 15 is 0 Å². The van der Waals surface area contributed by atoms with Crippen LogP contribution in [0, 0.1) is 12.7 Å². The van der Waals surface area contributed by atoms with Crippen LogP contribution in [-0.2, 0) is 33.0 Å². The summed E-state index contributed by atoms with van der Waals surface area (Å²) in [5, 5.41) is 11.8. The molecule has 1 aliphatic rings. The molecule has 2 heterocycles. The van der Waals surface area contributed by atoms with Gasteiger partial charge in [-0.05, 0) is 41.8 Å². The van der Waals surface area contributed by atoms with E-state index < -0.39 is 37.5 Å². The Morgan fingerprint density at radius 2 is 1.79 bits per heavy atom. The SMILES string of the molecule is Cc1cc(F)c(Cc2cnc3c(O)c4c(c(N(C)S(C)(=O)=O)c3c2)CN(CCN(C)S(C)(=O)=O)C4=O)cc1Cl. The van der Waals surface area contributed by atoms with Crippen molar-refractivity contribution >= 4 is 54.1 Å². The van der Waals surface area contributed by atoms with Gasteiger partial charge in [-0.15, -0.1) is 0 Å². The van der Waals surface area contributed by atoms with Crippen molar-refractivity contribution in [3.63, 3.8) is 0 Å². The summed E-state index contributed by atoms with van der Waals surface area (Å²) in [7, 11) is -4.59. The monoisotopic (exact) mass is 598 g/mol. The number of carbonyl (C=O) groups is 1. The van der Waals surface area contributed by atoms with Gasteiger partial charge in [0.15, 0.2) is 5.75 Å². The van der Waals surface area contributed by atoms with Crippen molar-refractivity contribution in [3.8, 4) is 5.75 Å². The Labute approximate surface area is 231 Å². The number of rotatable bonds is 8. The Hall–Kier alpha value is -3.00. The molecule has 0 saturated carbocycles. The zero-order valence-corrected chi connectivity index (χ0v) is 24.4. The third-order valence-corrected chi connectivity index (χ3v) is 9.78. The van der Waals surface area contributed by atoms with E-state index in [1.165, 1.54) is 37.3 Å². The van der Waals surface area contributed by atoms with Crippen LogP contribution in [0.3, 0.4) is 0 Å². The second-order valence-corrected chi connectivity index (χ2v) is 14.2. The standard InChI is InChI=1S/C25H28ClFN4O6S2/c1-14-8-20(27)16(11-19(14)26)9-15-10-17-22(28-12-15)24(32)21-18(23(17)30(3)39(5,36)37)13-31(25(21)33)7-6-29(2)38(4,34)35/h8,10-12,32H,6-7,9,13H2,1-5H3. The molecule has 1 aliphatic heterocycles. The van der Waals surface area contributed by atoms with Gasteiger partial charge >= 0.3 is 0 Å². The molecule has 0 bridgehead atoms. The molecular weight excluding hydrogens is 571 g/mol. The molecule has 39 heavy (non-hydrogen) atoms. The largest absolute Gasteiger partial charge is 0.505 e. The summed E-state index contributed by atoms with van der Waals surface area (Å²) >= 11 is 6.18. The summed E-state index contributed by atoms with van der Waals surface area (Å²) in [6.07, 6.45) is 3.57. The van der Waals surface area contributed by atoms with E-state index in [1.807, 2.05) is 0 Å². The minimum Gasteiger partial charge on any atom is -0.505 e. The van der Waals surface area contributed by atoms with E-state index in [4.69, 9.17) is 11.6 Å². The predicted molar refractivity (Wildman–Crippen MR) is 148 cm³/mol. The average Bonchev–Trinajstić information content (AvgIpc) is 3.15. The van der Waals surface area contributed by atoms with Gasteiger partial charge in [-0.25, -0.2) is 25.5 Å². The molecule has 0 radical (unpaired) electrons. The Bertz CT molecular complexity index is 1730. The zero-order valence-electron chi connectivity index (χ0n) is 22.0. The Morgan fingerprint density at radius 1 is 1.13 bits per heavy atom. The maximum absolute atomic E-state index is 14.6. The average molecular weight is 599 g/mol. The molecule has 1 N–H and O–H groups in total. The van der Waals surface area contributed by atoms with Crippen molar-refractivity contribution in [2.24, 2.45) is 0 Å². The smallest absolute Gasteiger partial charge is 0.258 e. The molecule has 1 aromatic heterocycles. The van der Waals surface area contributed by atoms with Gasteiger partial charge in [0.25, 0.3) is 5.91 Å². The van der Waals surface area contributed by atoms with Crippen LogP contribution >= 0.6 is 11.6 Å². The predicted octanol–water partition coefficient (Wildman–Crippen LogP) is 2.88. The number of aromatic nitrogens is 1. The number of anilines is 1. The molecule has 14 heteroatoms. The highest BCUT2D eigenvalue weighted by molar-refractivity contribution is 7.92. The van der Waals surface area contributed by atoms with E-state index in [0.29, 0.717) is 21.7 Å². The second-order valence-electron chi connectivity index (χ2n) is 9.70. The first-order valence-corrected chi connectivity index (χ1v) is 15.8. The molecule has 1 amide bonds. The summed E-state index contributed by atoms with van der Waals surface area (Å²) in [4.78, 5) is 19.0. The number of amides is 1. The van der Waals surface area contributed by atoms with E-state index in [9.17, 15) is 31.1 Å². The molecule has 0 aliphatic carbocycles. The molecule has 0 fully saturated rings. The quantitative estimate of drug-likeness (QED) is 0.422. The molecule has 210 valence electrons. The number of pyridine rings is 1. The Morgan fingerprint density at radius 3 is 2.41 bits per heavy atom. The first-order chi connectivity index (χ1) is 18.0. The van der Waals surface area contributed by atoms with Crippen LogP contribution in [0.1, 0.15) is 32.6 Å². The lowest BCUT2D eigenvalue weighted by Gasteiger charge is -2.23. The summed E-state index contributed by atoms with van der Waals surface area (Å²) < 4.78 is 65.6. The third kappa shape index (κ3) is 5.53. The van der Waals surface area contributed by atoms with Crippen molar-refractivity contribution in [2.75, 3.05) is 44.0 Å². The second kappa shape index (κ2) is 10.2. The molecule has 4 rings (SSSR count). The number of hydrogen-bond acceptors (Lipinski definition) is 7. The van der Waals surface area contributed by atoms with Crippen molar-refractivity contribution < 1.29 is 31.1 Å². The van der Waals surface area contributed by atoms with Crippen LogP contribution in [0.4, 0.5) is 10.1 Å². The highest BCUT2D eigenvalue weighted by atomic mass is 35.5. The third-order valence-electron chi connectivity index (χ3n) is 6.88. The van der Waals surface area contributed by atoms with Gasteiger partial charge in [0, 0.05) is 62.3 Å². The number of carbonyl (C=O) groups excluding carboxylic acids is 1. The van der Waals surface area contributed by atoms with Gasteiger partial charge in [0.05, 0.1) is 23.8 Å². The van der Waals surface area contributed by atoms with E-state index in [-0.39, 0.29) is 53.8 Å². The van der Waals surface area contributed by atoms with Gasteiger partial charge in [0.1, 0.15) is 11.3 Å². The van der Waals surface area contributed by atoms with Crippen molar-refractivity contribution in [1.82, 2.24) is 14.2 Å². The van der Waals surface area contributed by atoms with Crippen molar-refractivity contribution in [3.05, 3.63) is 63.1 Å². The Kier molecular flexibility index (Phi) is 7.58. The molecular formula is C25H28ClFN4O6S2. The van der Waals surface area contributed by atoms with E-state index in [2.05, 4.69) is 4.98 Å². The van der Waals surface area contributed by atoms with Gasteiger partial charge in [-0.2, -0.15) is 0 Å². The van der Waals surface area contributed by atoms with Crippen LogP contribution in [0.5, 0.6) is 5.75 Å². The molecule has 3 aromatic rings. The van der Waals surface area contributed by atoms with Crippen molar-refractivity contribution in [1.29, 1.82) is 0 Å². The highest BCUT2D eigenvalue weighted by Gasteiger charge is 2.37. The fraction of sp³-hybridized carbons (Fsp3) is 0.360. The number of likely N-dealkylation sites (N-methyl/N-ethyl adjacent to an activating group) is 1. The van der Waals surface area contributed by atoms with E-state index in [1.54, 1.807) is 13.0 Å². The minimum absolute atomic E-state index is 0.00314. The number of halogens is 2. The van der Waals surface area contributed by atoms with E-state index in [0.717, 1.165) is 21.1 Å². The first kappa shape index (κ1) is 29.0. The first-order valence-electron chi connectivity index (χ1n) is 11.8. The lowest BCUT2D eigenvalue weighted by atomic mass is 9.98. The van der Waals surface area contributed by atoms with Crippen LogP contribution < -0.4 is 4.31 Å². The van der Waals surface area contributed by atoms with Gasteiger partial charge < -0.3 is 10.0 Å². The number of aryl methyl sites for hydroxylation is 1. The fourth-order valence-corrected chi connectivity index (χ4v) is 5.64. The number of aromatic hydroxyl groups is 1.